The van der Waals surface area contributed by atoms with Crippen LogP contribution in [-0.2, 0) is 4.84 Å². The highest BCUT2D eigenvalue weighted by molar-refractivity contribution is 6.36. The summed E-state index contributed by atoms with van der Waals surface area (Å²) >= 11 is 11.6. The smallest absolute Gasteiger partial charge is 0.367 e. The van der Waals surface area contributed by atoms with Crippen LogP contribution in [0, 0.1) is 0 Å². The number of aromatic nitrogens is 1. The van der Waals surface area contributed by atoms with Gasteiger partial charge in [0.05, 0.1) is 10.6 Å². The van der Waals surface area contributed by atoms with E-state index in [1.807, 2.05) is 0 Å². The van der Waals surface area contributed by atoms with E-state index in [9.17, 15) is 4.79 Å². The number of aromatic amines is 1. The average Bonchev–Trinajstić information content (AvgIpc) is 2.45. The van der Waals surface area contributed by atoms with Crippen LogP contribution in [0.2, 0.25) is 10.0 Å². The first-order valence-corrected chi connectivity index (χ1v) is 6.30. The molecule has 20 heavy (non-hydrogen) atoms. The maximum atomic E-state index is 11.8. The van der Waals surface area contributed by atoms with E-state index < -0.39 is 5.97 Å². The van der Waals surface area contributed by atoms with Gasteiger partial charge in [-0.2, -0.15) is 0 Å². The molecule has 0 aliphatic rings. The van der Waals surface area contributed by atoms with Crippen LogP contribution in [0.4, 0.5) is 0 Å². The van der Waals surface area contributed by atoms with Crippen molar-refractivity contribution in [3.05, 3.63) is 63.9 Å². The van der Waals surface area contributed by atoms with E-state index in [0.717, 1.165) is 0 Å². The lowest BCUT2D eigenvalue weighted by atomic mass is 10.2. The zero-order chi connectivity index (χ0) is 14.5. The molecule has 3 N–H and O–H groups in total. The third-order valence-corrected chi connectivity index (χ3v) is 2.91. The number of nitrogens with two attached hydrogens (primary N) is 1. The number of amidine groups is 1. The van der Waals surface area contributed by atoms with Crippen LogP contribution in [0.25, 0.3) is 0 Å². The number of carbonyl (C=O) groups is 1. The monoisotopic (exact) mass is 310 g/mol. The molecule has 0 radical (unpaired) electrons. The van der Waals surface area contributed by atoms with E-state index in [4.69, 9.17) is 33.8 Å². The topological polar surface area (TPSA) is 78.8 Å². The van der Waals surface area contributed by atoms with Crippen molar-refractivity contribution in [1.82, 2.24) is 0 Å². The number of halogens is 2. The van der Waals surface area contributed by atoms with Crippen molar-refractivity contribution < 1.29 is 14.6 Å². The van der Waals surface area contributed by atoms with Gasteiger partial charge in [-0.15, -0.1) is 0 Å². The Bertz CT molecular complexity index is 660. The van der Waals surface area contributed by atoms with E-state index in [1.54, 1.807) is 24.4 Å². The SMILES string of the molecule is NC(=NOC(=O)c1ccc(Cl)cc1Cl)c1cccc[nH+]1. The Kier molecular flexibility index (Phi) is 4.55. The van der Waals surface area contributed by atoms with Gasteiger partial charge in [-0.1, -0.05) is 28.4 Å². The highest BCUT2D eigenvalue weighted by atomic mass is 35.5. The number of benzene rings is 1. The molecule has 1 aromatic carbocycles. The fourth-order valence-corrected chi connectivity index (χ4v) is 1.88. The van der Waals surface area contributed by atoms with Gasteiger partial charge in [-0.05, 0) is 24.3 Å². The minimum Gasteiger partial charge on any atom is -0.375 e. The summed E-state index contributed by atoms with van der Waals surface area (Å²) in [4.78, 5) is 19.4. The van der Waals surface area contributed by atoms with Gasteiger partial charge in [-0.3, -0.25) is 0 Å². The lowest BCUT2D eigenvalue weighted by Gasteiger charge is -2.01. The molecular formula is C13H10Cl2N3O2+. The minimum atomic E-state index is -0.717. The number of oxime groups is 1. The van der Waals surface area contributed by atoms with Gasteiger partial charge in [0.15, 0.2) is 6.20 Å². The van der Waals surface area contributed by atoms with Crippen LogP contribution >= 0.6 is 23.2 Å². The maximum absolute atomic E-state index is 11.8. The molecule has 0 saturated carbocycles. The summed E-state index contributed by atoms with van der Waals surface area (Å²) in [6, 6.07) is 9.68. The van der Waals surface area contributed by atoms with E-state index in [0.29, 0.717) is 10.7 Å². The Balaban J connectivity index is 2.12. The summed E-state index contributed by atoms with van der Waals surface area (Å²) in [6.45, 7) is 0. The highest BCUT2D eigenvalue weighted by Crippen LogP contribution is 2.21. The largest absolute Gasteiger partial charge is 0.375 e. The second-order valence-electron chi connectivity index (χ2n) is 3.76. The molecule has 0 spiro atoms. The molecule has 0 aliphatic heterocycles. The molecule has 0 amide bonds. The standard InChI is InChI=1S/C13H9Cl2N3O2/c14-8-4-5-9(10(15)7-8)13(19)20-18-12(16)11-3-1-2-6-17-11/h1-7H,(H2,16,18)/p+1. The van der Waals surface area contributed by atoms with Crippen molar-refractivity contribution in [1.29, 1.82) is 0 Å². The molecule has 0 fully saturated rings. The predicted molar refractivity (Wildman–Crippen MR) is 75.6 cm³/mol. The average molecular weight is 311 g/mol. The second kappa shape index (κ2) is 6.36. The van der Waals surface area contributed by atoms with Gasteiger partial charge in [-0.25, -0.2) is 9.78 Å². The van der Waals surface area contributed by atoms with Crippen molar-refractivity contribution in [2.75, 3.05) is 0 Å². The third-order valence-electron chi connectivity index (χ3n) is 2.36. The van der Waals surface area contributed by atoms with E-state index >= 15 is 0 Å². The van der Waals surface area contributed by atoms with Crippen molar-refractivity contribution in [3.63, 3.8) is 0 Å². The number of hydrogen-bond acceptors (Lipinski definition) is 3. The first-order chi connectivity index (χ1) is 9.58. The number of rotatable bonds is 3. The molecule has 0 aliphatic carbocycles. The Morgan fingerprint density at radius 2 is 2.05 bits per heavy atom. The summed E-state index contributed by atoms with van der Waals surface area (Å²) < 4.78 is 0. The second-order valence-corrected chi connectivity index (χ2v) is 4.60. The summed E-state index contributed by atoms with van der Waals surface area (Å²) in [5.41, 5.74) is 6.36. The van der Waals surface area contributed by atoms with E-state index in [2.05, 4.69) is 10.1 Å². The van der Waals surface area contributed by atoms with Gasteiger partial charge < -0.3 is 10.6 Å². The maximum Gasteiger partial charge on any atom is 0.367 e. The quantitative estimate of drug-likeness (QED) is 0.409. The van der Waals surface area contributed by atoms with E-state index in [1.165, 1.54) is 18.2 Å². The zero-order valence-electron chi connectivity index (χ0n) is 10.1. The lowest BCUT2D eigenvalue weighted by molar-refractivity contribution is -0.380. The normalized spacial score (nSPS) is 11.2. The molecule has 0 atom stereocenters. The molecule has 2 rings (SSSR count). The molecular weight excluding hydrogens is 301 g/mol. The van der Waals surface area contributed by atoms with Gasteiger partial charge in [0, 0.05) is 17.2 Å². The van der Waals surface area contributed by atoms with Gasteiger partial charge in [0.1, 0.15) is 0 Å². The van der Waals surface area contributed by atoms with Gasteiger partial charge in [0.2, 0.25) is 11.5 Å². The summed E-state index contributed by atoms with van der Waals surface area (Å²) in [5.74, 6) is -0.672. The Morgan fingerprint density at radius 1 is 1.25 bits per heavy atom. The van der Waals surface area contributed by atoms with Crippen LogP contribution < -0.4 is 10.7 Å². The number of hydrogen-bond donors (Lipinski definition) is 1. The fourth-order valence-electron chi connectivity index (χ4n) is 1.40. The van der Waals surface area contributed by atoms with Crippen LogP contribution in [0.5, 0.6) is 0 Å². The summed E-state index contributed by atoms with van der Waals surface area (Å²) in [5, 5.41) is 4.16. The van der Waals surface area contributed by atoms with Crippen molar-refractivity contribution in [2.45, 2.75) is 0 Å². The fraction of sp³-hybridized carbons (Fsp3) is 0. The Morgan fingerprint density at radius 3 is 2.70 bits per heavy atom. The van der Waals surface area contributed by atoms with Crippen LogP contribution in [0.3, 0.4) is 0 Å². The Labute approximate surface area is 125 Å². The third kappa shape index (κ3) is 3.46. The van der Waals surface area contributed by atoms with Crippen molar-refractivity contribution in [3.8, 4) is 0 Å². The van der Waals surface area contributed by atoms with Crippen molar-refractivity contribution >= 4 is 35.0 Å². The molecule has 0 unspecified atom stereocenters. The van der Waals surface area contributed by atoms with Gasteiger partial charge in [0.25, 0.3) is 0 Å². The molecule has 1 aromatic heterocycles. The summed E-state index contributed by atoms with van der Waals surface area (Å²) in [6.07, 6.45) is 1.68. The van der Waals surface area contributed by atoms with Crippen molar-refractivity contribution in [2.24, 2.45) is 10.9 Å². The molecule has 0 saturated heterocycles. The first-order valence-electron chi connectivity index (χ1n) is 5.55. The first kappa shape index (κ1) is 14.3. The lowest BCUT2D eigenvalue weighted by Crippen LogP contribution is -2.24. The number of H-pyrrole nitrogens is 1. The number of pyridine rings is 1. The molecule has 0 bridgehead atoms. The van der Waals surface area contributed by atoms with Crippen LogP contribution in [0.1, 0.15) is 16.1 Å². The number of nitrogens with zero attached hydrogens (tertiary/aromatic N) is 1. The van der Waals surface area contributed by atoms with Gasteiger partial charge >= 0.3 is 5.97 Å². The zero-order valence-corrected chi connectivity index (χ0v) is 11.7. The molecule has 102 valence electrons. The van der Waals surface area contributed by atoms with E-state index in [-0.39, 0.29) is 16.4 Å². The minimum absolute atomic E-state index is 0.0454. The van der Waals surface area contributed by atoms with Crippen LogP contribution in [-0.4, -0.2) is 11.8 Å². The molecule has 5 nitrogen and oxygen atoms in total. The number of carbonyl (C=O) groups excluding carboxylic acids is 1. The molecule has 7 heteroatoms. The molecule has 1 heterocycles. The highest BCUT2D eigenvalue weighted by Gasteiger charge is 2.14. The number of nitrogens with one attached hydrogen (secondary N) is 1. The predicted octanol–water partition coefficient (Wildman–Crippen LogP) is 2.28. The molecule has 2 aromatic rings. The van der Waals surface area contributed by atoms with Crippen LogP contribution in [0.15, 0.2) is 47.8 Å². The summed E-state index contributed by atoms with van der Waals surface area (Å²) in [7, 11) is 0. The Hall–Kier alpha value is -2.11.